The van der Waals surface area contributed by atoms with Gasteiger partial charge in [0, 0.05) is 11.4 Å². The van der Waals surface area contributed by atoms with Crippen LogP contribution in [0.5, 0.6) is 0 Å². The molecular weight excluding hydrogens is 203 g/mol. The van der Waals surface area contributed by atoms with Crippen molar-refractivity contribution in [2.45, 2.75) is 31.8 Å². The molecule has 1 aromatic carbocycles. The second-order valence-electron chi connectivity index (χ2n) is 4.07. The lowest BCUT2D eigenvalue weighted by Gasteiger charge is -2.11. The van der Waals surface area contributed by atoms with E-state index in [1.807, 2.05) is 6.92 Å². The van der Waals surface area contributed by atoms with Crippen LogP contribution in [0.1, 0.15) is 24.0 Å². The molecule has 1 saturated carbocycles. The quantitative estimate of drug-likeness (QED) is 0.803. The summed E-state index contributed by atoms with van der Waals surface area (Å²) in [5.41, 5.74) is 1.09. The molecule has 0 amide bonds. The van der Waals surface area contributed by atoms with Gasteiger partial charge in [0.2, 0.25) is 0 Å². The molecule has 0 spiro atoms. The van der Waals surface area contributed by atoms with Gasteiger partial charge >= 0.3 is 0 Å². The Hall–Kier alpha value is -0.600. The number of aliphatic hydroxyl groups is 1. The first-order chi connectivity index (χ1) is 6.50. The maximum absolute atomic E-state index is 13.0. The first-order valence-electron chi connectivity index (χ1n) is 4.67. The van der Waals surface area contributed by atoms with E-state index in [4.69, 9.17) is 11.6 Å². The van der Waals surface area contributed by atoms with Crippen LogP contribution in [0, 0.1) is 12.7 Å². The van der Waals surface area contributed by atoms with Crippen LogP contribution in [0.25, 0.3) is 0 Å². The molecule has 76 valence electrons. The smallest absolute Gasteiger partial charge is 0.124 e. The van der Waals surface area contributed by atoms with Crippen molar-refractivity contribution in [1.82, 2.24) is 0 Å². The minimum Gasteiger partial charge on any atom is -0.390 e. The Morgan fingerprint density at radius 3 is 2.71 bits per heavy atom. The first-order valence-corrected chi connectivity index (χ1v) is 5.05. The maximum atomic E-state index is 13.0. The van der Waals surface area contributed by atoms with Crippen molar-refractivity contribution in [1.29, 1.82) is 0 Å². The van der Waals surface area contributed by atoms with E-state index in [2.05, 4.69) is 0 Å². The normalized spacial score (nSPS) is 18.3. The molecule has 0 aliphatic heterocycles. The molecule has 1 fully saturated rings. The number of hydrogen-bond acceptors (Lipinski definition) is 1. The third-order valence-electron chi connectivity index (χ3n) is 2.76. The highest BCUT2D eigenvalue weighted by Crippen LogP contribution is 2.39. The summed E-state index contributed by atoms with van der Waals surface area (Å²) in [6.07, 6.45) is 2.12. The minimum atomic E-state index is -0.595. The summed E-state index contributed by atoms with van der Waals surface area (Å²) in [7, 11) is 0. The van der Waals surface area contributed by atoms with Crippen molar-refractivity contribution in [2.75, 3.05) is 0 Å². The van der Waals surface area contributed by atoms with Crippen molar-refractivity contribution >= 4 is 11.6 Å². The zero-order valence-corrected chi connectivity index (χ0v) is 8.74. The van der Waals surface area contributed by atoms with Crippen LogP contribution in [0.4, 0.5) is 4.39 Å². The molecule has 1 N–H and O–H groups in total. The van der Waals surface area contributed by atoms with Gasteiger partial charge in [0.1, 0.15) is 5.82 Å². The van der Waals surface area contributed by atoms with Gasteiger partial charge in [-0.1, -0.05) is 11.6 Å². The number of halogens is 2. The van der Waals surface area contributed by atoms with Gasteiger partial charge in [-0.15, -0.1) is 0 Å². The van der Waals surface area contributed by atoms with Gasteiger partial charge < -0.3 is 5.11 Å². The molecule has 1 aliphatic rings. The zero-order chi connectivity index (χ0) is 10.3. The number of benzene rings is 1. The van der Waals surface area contributed by atoms with Crippen LogP contribution in [-0.4, -0.2) is 10.7 Å². The molecule has 1 aromatic rings. The highest BCUT2D eigenvalue weighted by molar-refractivity contribution is 6.31. The molecule has 0 heterocycles. The Morgan fingerprint density at radius 2 is 2.14 bits per heavy atom. The van der Waals surface area contributed by atoms with Gasteiger partial charge in [0.25, 0.3) is 0 Å². The molecule has 0 unspecified atom stereocenters. The van der Waals surface area contributed by atoms with Gasteiger partial charge in [0.05, 0.1) is 5.60 Å². The van der Waals surface area contributed by atoms with E-state index in [0.29, 0.717) is 11.4 Å². The Morgan fingerprint density at radius 1 is 1.50 bits per heavy atom. The standard InChI is InChI=1S/C11H12ClFO/c1-7-8(6-11(14)2-3-11)4-9(13)5-10(7)12/h4-5,14H,2-3,6H2,1H3. The van der Waals surface area contributed by atoms with Crippen molar-refractivity contribution in [2.24, 2.45) is 0 Å². The fraction of sp³-hybridized carbons (Fsp3) is 0.455. The fourth-order valence-electron chi connectivity index (χ4n) is 1.56. The summed E-state index contributed by atoms with van der Waals surface area (Å²) in [6, 6.07) is 2.76. The molecule has 1 aliphatic carbocycles. The lowest BCUT2D eigenvalue weighted by molar-refractivity contribution is 0.150. The van der Waals surface area contributed by atoms with Crippen LogP contribution >= 0.6 is 11.6 Å². The molecule has 0 aromatic heterocycles. The number of hydrogen-bond donors (Lipinski definition) is 1. The summed E-state index contributed by atoms with van der Waals surface area (Å²) in [5, 5.41) is 10.2. The van der Waals surface area contributed by atoms with Gasteiger partial charge in [-0.2, -0.15) is 0 Å². The van der Waals surface area contributed by atoms with Gasteiger partial charge in [0.15, 0.2) is 0 Å². The Balaban J connectivity index is 2.32. The van der Waals surface area contributed by atoms with Gasteiger partial charge in [-0.05, 0) is 43.0 Å². The third kappa shape index (κ3) is 1.91. The highest BCUT2D eigenvalue weighted by atomic mass is 35.5. The van der Waals surface area contributed by atoms with Crippen LogP contribution in [0.15, 0.2) is 12.1 Å². The topological polar surface area (TPSA) is 20.2 Å². The summed E-state index contributed by atoms with van der Waals surface area (Å²) in [5.74, 6) is -0.333. The Bertz CT molecular complexity index is 372. The largest absolute Gasteiger partial charge is 0.390 e. The van der Waals surface area contributed by atoms with E-state index in [0.717, 1.165) is 24.0 Å². The lowest BCUT2D eigenvalue weighted by Crippen LogP contribution is -2.12. The molecule has 0 radical (unpaired) electrons. The molecular formula is C11H12ClFO. The second kappa shape index (κ2) is 3.21. The third-order valence-corrected chi connectivity index (χ3v) is 3.16. The monoisotopic (exact) mass is 214 g/mol. The van der Waals surface area contributed by atoms with Crippen molar-refractivity contribution < 1.29 is 9.50 Å². The lowest BCUT2D eigenvalue weighted by atomic mass is 10.0. The van der Waals surface area contributed by atoms with E-state index in [1.165, 1.54) is 12.1 Å². The van der Waals surface area contributed by atoms with Crippen LogP contribution in [0.2, 0.25) is 5.02 Å². The highest BCUT2D eigenvalue weighted by Gasteiger charge is 2.40. The van der Waals surface area contributed by atoms with Gasteiger partial charge in [-0.3, -0.25) is 0 Å². The Kier molecular flexibility index (Phi) is 2.28. The fourth-order valence-corrected chi connectivity index (χ4v) is 1.78. The van der Waals surface area contributed by atoms with Crippen LogP contribution in [-0.2, 0) is 6.42 Å². The zero-order valence-electron chi connectivity index (χ0n) is 7.98. The van der Waals surface area contributed by atoms with E-state index in [-0.39, 0.29) is 5.82 Å². The maximum Gasteiger partial charge on any atom is 0.124 e. The summed E-state index contributed by atoms with van der Waals surface area (Å²) in [6.45, 7) is 1.85. The molecule has 0 atom stereocenters. The predicted octanol–water partition coefficient (Wildman–Crippen LogP) is 2.85. The summed E-state index contributed by atoms with van der Waals surface area (Å²) < 4.78 is 13.0. The molecule has 0 saturated heterocycles. The van der Waals surface area contributed by atoms with E-state index in [1.54, 1.807) is 0 Å². The van der Waals surface area contributed by atoms with E-state index < -0.39 is 5.60 Å². The van der Waals surface area contributed by atoms with E-state index in [9.17, 15) is 9.50 Å². The van der Waals surface area contributed by atoms with Crippen molar-refractivity contribution in [3.05, 3.63) is 34.1 Å². The van der Waals surface area contributed by atoms with E-state index >= 15 is 0 Å². The number of rotatable bonds is 2. The average molecular weight is 215 g/mol. The molecule has 2 rings (SSSR count). The molecule has 3 heteroatoms. The molecule has 14 heavy (non-hydrogen) atoms. The van der Waals surface area contributed by atoms with Crippen LogP contribution in [0.3, 0.4) is 0 Å². The summed E-state index contributed by atoms with van der Waals surface area (Å²) >= 11 is 5.85. The SMILES string of the molecule is Cc1c(Cl)cc(F)cc1CC1(O)CC1. The molecule has 1 nitrogen and oxygen atoms in total. The van der Waals surface area contributed by atoms with Gasteiger partial charge in [-0.25, -0.2) is 4.39 Å². The minimum absolute atomic E-state index is 0.333. The van der Waals surface area contributed by atoms with Crippen LogP contribution < -0.4 is 0 Å². The molecule has 0 bridgehead atoms. The second-order valence-corrected chi connectivity index (χ2v) is 4.48. The average Bonchev–Trinajstić information content (AvgIpc) is 2.79. The Labute approximate surface area is 87.5 Å². The predicted molar refractivity (Wildman–Crippen MR) is 54.0 cm³/mol. The van der Waals surface area contributed by atoms with Crippen molar-refractivity contribution in [3.8, 4) is 0 Å². The first kappa shape index (κ1) is 9.94. The van der Waals surface area contributed by atoms with Crippen molar-refractivity contribution in [3.63, 3.8) is 0 Å². The summed E-state index contributed by atoms with van der Waals surface area (Å²) in [4.78, 5) is 0.